The van der Waals surface area contributed by atoms with Gasteiger partial charge in [-0.3, -0.25) is 14.7 Å². The second kappa shape index (κ2) is 4.73. The van der Waals surface area contributed by atoms with Crippen LogP contribution in [-0.2, 0) is 6.54 Å². The first-order valence-corrected chi connectivity index (χ1v) is 5.43. The Hall–Kier alpha value is -1.59. The number of halogens is 2. The Kier molecular flexibility index (Phi) is 3.31. The summed E-state index contributed by atoms with van der Waals surface area (Å²) in [5.41, 5.74) is -0.298. The Labute approximate surface area is 106 Å². The molecule has 0 amide bonds. The summed E-state index contributed by atoms with van der Waals surface area (Å²) in [6.07, 6.45) is 0. The minimum absolute atomic E-state index is 0.0638. The van der Waals surface area contributed by atoms with Crippen LogP contribution >= 0.6 is 23.2 Å². The highest BCUT2D eigenvalue weighted by atomic mass is 35.5. The normalized spacial score (nSPS) is 10.5. The lowest BCUT2D eigenvalue weighted by atomic mass is 10.3. The maximum absolute atomic E-state index is 11.5. The number of hydrogen-bond acceptors (Lipinski definition) is 3. The Balaban J connectivity index is 2.44. The third-order valence-corrected chi connectivity index (χ3v) is 2.64. The van der Waals surface area contributed by atoms with E-state index in [4.69, 9.17) is 23.2 Å². The topological polar surface area (TPSA) is 67.8 Å². The fraction of sp³-hybridized carbons (Fsp3) is 0.100. The molecule has 7 heteroatoms. The number of pyridine rings is 1. The van der Waals surface area contributed by atoms with Gasteiger partial charge >= 0.3 is 0 Å². The molecule has 2 aromatic rings. The molecule has 0 aliphatic carbocycles. The third-order valence-electron chi connectivity index (χ3n) is 2.08. The highest BCUT2D eigenvalue weighted by molar-refractivity contribution is 6.32. The monoisotopic (exact) mass is 271 g/mol. The van der Waals surface area contributed by atoms with Crippen LogP contribution in [0.2, 0.25) is 10.2 Å². The van der Waals surface area contributed by atoms with Crippen LogP contribution in [0.1, 0.15) is 5.69 Å². The fourth-order valence-electron chi connectivity index (χ4n) is 1.30. The van der Waals surface area contributed by atoms with E-state index in [0.29, 0.717) is 10.7 Å². The van der Waals surface area contributed by atoms with Gasteiger partial charge in [0.2, 0.25) is 0 Å². The van der Waals surface area contributed by atoms with Crippen LogP contribution in [0.15, 0.2) is 33.9 Å². The first-order valence-electron chi connectivity index (χ1n) is 4.67. The zero-order valence-corrected chi connectivity index (χ0v) is 10.00. The molecule has 0 unspecified atom stereocenters. The van der Waals surface area contributed by atoms with Crippen molar-refractivity contribution < 1.29 is 0 Å². The molecular formula is C10H7Cl2N3O2. The Morgan fingerprint density at radius 2 is 1.94 bits per heavy atom. The van der Waals surface area contributed by atoms with Gasteiger partial charge in [0, 0.05) is 12.1 Å². The van der Waals surface area contributed by atoms with E-state index in [0.717, 1.165) is 10.7 Å². The number of aromatic amines is 1. The third kappa shape index (κ3) is 2.75. The molecule has 2 aromatic heterocycles. The van der Waals surface area contributed by atoms with E-state index in [1.165, 1.54) is 6.07 Å². The van der Waals surface area contributed by atoms with Gasteiger partial charge < -0.3 is 0 Å². The second-order valence-electron chi connectivity index (χ2n) is 3.30. The van der Waals surface area contributed by atoms with E-state index < -0.39 is 0 Å². The van der Waals surface area contributed by atoms with Crippen molar-refractivity contribution in [2.24, 2.45) is 0 Å². The van der Waals surface area contributed by atoms with Crippen molar-refractivity contribution in [3.8, 4) is 0 Å². The van der Waals surface area contributed by atoms with E-state index in [-0.39, 0.29) is 22.8 Å². The van der Waals surface area contributed by atoms with Gasteiger partial charge in [0.05, 0.1) is 17.3 Å². The van der Waals surface area contributed by atoms with Crippen LogP contribution in [0.3, 0.4) is 0 Å². The second-order valence-corrected chi connectivity index (χ2v) is 4.09. The molecule has 2 heterocycles. The minimum atomic E-state index is -0.372. The minimum Gasteiger partial charge on any atom is -0.268 e. The van der Waals surface area contributed by atoms with Gasteiger partial charge in [-0.15, -0.1) is 0 Å². The molecule has 0 spiro atoms. The van der Waals surface area contributed by atoms with Crippen molar-refractivity contribution in [3.63, 3.8) is 0 Å². The zero-order valence-electron chi connectivity index (χ0n) is 8.48. The van der Waals surface area contributed by atoms with Crippen LogP contribution in [-0.4, -0.2) is 14.8 Å². The van der Waals surface area contributed by atoms with Crippen LogP contribution < -0.4 is 11.1 Å². The number of hydrogen-bond donors (Lipinski definition) is 1. The van der Waals surface area contributed by atoms with Crippen molar-refractivity contribution in [2.75, 3.05) is 0 Å². The predicted molar refractivity (Wildman–Crippen MR) is 64.7 cm³/mol. The average Bonchev–Trinajstić information content (AvgIpc) is 2.28. The molecule has 1 N–H and O–H groups in total. The van der Waals surface area contributed by atoms with Crippen LogP contribution in [0.5, 0.6) is 0 Å². The first-order chi connectivity index (χ1) is 8.06. The van der Waals surface area contributed by atoms with E-state index in [1.54, 1.807) is 12.1 Å². The molecule has 0 bridgehead atoms. The maximum Gasteiger partial charge on any atom is 0.265 e. The van der Waals surface area contributed by atoms with Gasteiger partial charge in [0.1, 0.15) is 5.15 Å². The summed E-state index contributed by atoms with van der Waals surface area (Å²) < 4.78 is 1.12. The molecule has 0 radical (unpaired) electrons. The quantitative estimate of drug-likeness (QED) is 0.837. The molecule has 0 fully saturated rings. The van der Waals surface area contributed by atoms with Gasteiger partial charge in [0.25, 0.3) is 11.1 Å². The summed E-state index contributed by atoms with van der Waals surface area (Å²) in [6, 6.07) is 5.46. The average molecular weight is 272 g/mol. The van der Waals surface area contributed by atoms with Crippen LogP contribution in [0, 0.1) is 0 Å². The van der Waals surface area contributed by atoms with Gasteiger partial charge in [-0.1, -0.05) is 23.2 Å². The summed E-state index contributed by atoms with van der Waals surface area (Å²) in [7, 11) is 0. The van der Waals surface area contributed by atoms with Gasteiger partial charge in [-0.25, -0.2) is 9.67 Å². The predicted octanol–water partition coefficient (Wildman–Crippen LogP) is 1.29. The van der Waals surface area contributed by atoms with E-state index >= 15 is 0 Å². The lowest BCUT2D eigenvalue weighted by Crippen LogP contribution is -2.28. The number of rotatable bonds is 2. The molecule has 0 aromatic carbocycles. The lowest BCUT2D eigenvalue weighted by molar-refractivity contribution is 0.617. The molecule has 2 rings (SSSR count). The van der Waals surface area contributed by atoms with Gasteiger partial charge in [-0.05, 0) is 12.1 Å². The molecule has 0 aliphatic heterocycles. The van der Waals surface area contributed by atoms with Gasteiger partial charge in [0.15, 0.2) is 0 Å². The van der Waals surface area contributed by atoms with E-state index in [1.807, 2.05) is 0 Å². The standard InChI is InChI=1S/C10H7Cl2N3O2/c11-6-1-2-8(12)13-7(6)5-15-10(17)4-3-9(16)14-15/h1-4H,5H2,(H,14,16). The molecule has 17 heavy (non-hydrogen) atoms. The van der Waals surface area contributed by atoms with E-state index in [9.17, 15) is 9.59 Å². The summed E-state index contributed by atoms with van der Waals surface area (Å²) in [4.78, 5) is 26.5. The van der Waals surface area contributed by atoms with E-state index in [2.05, 4.69) is 10.1 Å². The summed E-state index contributed by atoms with van der Waals surface area (Å²) in [5, 5.41) is 3.03. The van der Waals surface area contributed by atoms with Crippen molar-refractivity contribution >= 4 is 23.2 Å². The first kappa shape index (κ1) is 11.9. The summed E-state index contributed by atoms with van der Waals surface area (Å²) >= 11 is 11.6. The number of aromatic nitrogens is 3. The molecule has 0 saturated carbocycles. The van der Waals surface area contributed by atoms with Crippen molar-refractivity contribution in [1.82, 2.24) is 14.8 Å². The SMILES string of the molecule is O=c1ccc(=O)n(Cc2nc(Cl)ccc2Cl)[nH]1. The van der Waals surface area contributed by atoms with Crippen molar-refractivity contribution in [2.45, 2.75) is 6.54 Å². The number of nitrogens with one attached hydrogen (secondary N) is 1. The molecular weight excluding hydrogens is 265 g/mol. The molecule has 0 atom stereocenters. The smallest absolute Gasteiger partial charge is 0.265 e. The molecule has 0 aliphatic rings. The number of H-pyrrole nitrogens is 1. The Bertz CT molecular complexity index is 663. The maximum atomic E-state index is 11.5. The van der Waals surface area contributed by atoms with Crippen LogP contribution in [0.4, 0.5) is 0 Å². The fourth-order valence-corrected chi connectivity index (χ4v) is 1.63. The largest absolute Gasteiger partial charge is 0.268 e. The molecule has 5 nitrogen and oxygen atoms in total. The summed E-state index contributed by atoms with van der Waals surface area (Å²) in [6.45, 7) is 0.0638. The van der Waals surface area contributed by atoms with Crippen LogP contribution in [0.25, 0.3) is 0 Å². The van der Waals surface area contributed by atoms with Crippen molar-refractivity contribution in [3.05, 3.63) is 60.8 Å². The highest BCUT2D eigenvalue weighted by Gasteiger charge is 2.05. The highest BCUT2D eigenvalue weighted by Crippen LogP contribution is 2.16. The zero-order chi connectivity index (χ0) is 12.4. The molecule has 0 saturated heterocycles. The van der Waals surface area contributed by atoms with Gasteiger partial charge in [-0.2, -0.15) is 0 Å². The van der Waals surface area contributed by atoms with Crippen molar-refractivity contribution in [1.29, 1.82) is 0 Å². The Morgan fingerprint density at radius 3 is 2.71 bits per heavy atom. The number of nitrogens with zero attached hydrogens (tertiary/aromatic N) is 2. The molecule has 88 valence electrons. The lowest BCUT2D eigenvalue weighted by Gasteiger charge is -2.06. The Morgan fingerprint density at radius 1 is 1.18 bits per heavy atom. The summed E-state index contributed by atoms with van der Waals surface area (Å²) in [5.74, 6) is 0.